The minimum Gasteiger partial charge on any atom is -0.484 e. The number of hydrogen-bond acceptors (Lipinski definition) is 6. The molecule has 1 N–H and O–H groups in total. The van der Waals surface area contributed by atoms with Crippen LogP contribution >= 0.6 is 0 Å². The molecule has 0 spiro atoms. The lowest BCUT2D eigenvalue weighted by atomic mass is 9.79. The topological polar surface area (TPSA) is 90.1 Å². The van der Waals surface area contributed by atoms with Gasteiger partial charge >= 0.3 is 0 Å². The lowest BCUT2D eigenvalue weighted by Gasteiger charge is -2.29. The monoisotopic (exact) mass is 438 g/mol. The van der Waals surface area contributed by atoms with Crippen LogP contribution in [0.1, 0.15) is 48.8 Å². The minimum atomic E-state index is -0.389. The molecule has 0 saturated heterocycles. The highest BCUT2D eigenvalue weighted by Crippen LogP contribution is 2.38. The normalized spacial score (nSPS) is 18.3. The van der Waals surface area contributed by atoms with Gasteiger partial charge in [-0.3, -0.25) is 4.79 Å². The zero-order valence-electron chi connectivity index (χ0n) is 18.3. The van der Waals surface area contributed by atoms with Crippen LogP contribution in [0.2, 0.25) is 0 Å². The van der Waals surface area contributed by atoms with Crippen LogP contribution in [0, 0.1) is 25.6 Å². The van der Waals surface area contributed by atoms with Crippen LogP contribution in [-0.4, -0.2) is 34.2 Å². The Kier molecular flexibility index (Phi) is 6.78. The molecule has 1 saturated carbocycles. The SMILES string of the molecule is Cc1cc(-c2cnc(C)nc2C2CCC(CNC(=O)COc3cccc(F)c3)CC2)on1. The lowest BCUT2D eigenvalue weighted by Crippen LogP contribution is -2.34. The predicted octanol–water partition coefficient (Wildman–Crippen LogP) is 4.36. The zero-order valence-corrected chi connectivity index (χ0v) is 18.3. The highest BCUT2D eigenvalue weighted by atomic mass is 19.1. The Labute approximate surface area is 186 Å². The van der Waals surface area contributed by atoms with Crippen molar-refractivity contribution in [2.45, 2.75) is 45.4 Å². The Hall–Kier alpha value is -3.29. The average molecular weight is 439 g/mol. The summed E-state index contributed by atoms with van der Waals surface area (Å²) in [6.07, 6.45) is 5.78. The van der Waals surface area contributed by atoms with Gasteiger partial charge in [0.15, 0.2) is 12.4 Å². The van der Waals surface area contributed by atoms with E-state index >= 15 is 0 Å². The van der Waals surface area contributed by atoms with Crippen molar-refractivity contribution in [2.75, 3.05) is 13.2 Å². The molecule has 0 atom stereocenters. The van der Waals surface area contributed by atoms with E-state index in [1.807, 2.05) is 26.1 Å². The van der Waals surface area contributed by atoms with Crippen molar-refractivity contribution in [3.05, 3.63) is 59.6 Å². The van der Waals surface area contributed by atoms with Crippen molar-refractivity contribution in [3.63, 3.8) is 0 Å². The van der Waals surface area contributed by atoms with E-state index in [9.17, 15) is 9.18 Å². The Morgan fingerprint density at radius 2 is 2.03 bits per heavy atom. The summed E-state index contributed by atoms with van der Waals surface area (Å²) in [5, 5.41) is 6.93. The van der Waals surface area contributed by atoms with E-state index in [0.29, 0.717) is 29.9 Å². The molecular formula is C24H27FN4O3. The number of rotatable bonds is 7. The Morgan fingerprint density at radius 1 is 1.22 bits per heavy atom. The van der Waals surface area contributed by atoms with E-state index < -0.39 is 0 Å². The van der Waals surface area contributed by atoms with Crippen molar-refractivity contribution in [2.24, 2.45) is 5.92 Å². The van der Waals surface area contributed by atoms with Crippen LogP contribution in [-0.2, 0) is 4.79 Å². The van der Waals surface area contributed by atoms with Gasteiger partial charge in [-0.2, -0.15) is 0 Å². The molecule has 0 unspecified atom stereocenters. The molecule has 1 aliphatic carbocycles. The number of nitrogens with zero attached hydrogens (tertiary/aromatic N) is 3. The van der Waals surface area contributed by atoms with Gasteiger partial charge in [-0.15, -0.1) is 0 Å². The first-order valence-electron chi connectivity index (χ1n) is 10.9. The molecule has 32 heavy (non-hydrogen) atoms. The molecule has 1 fully saturated rings. The summed E-state index contributed by atoms with van der Waals surface area (Å²) in [5.41, 5.74) is 2.74. The molecule has 0 aliphatic heterocycles. The predicted molar refractivity (Wildman–Crippen MR) is 117 cm³/mol. The molecule has 0 bridgehead atoms. The molecule has 2 heterocycles. The molecule has 1 amide bonds. The third kappa shape index (κ3) is 5.49. The van der Waals surface area contributed by atoms with Crippen molar-refractivity contribution >= 4 is 5.91 Å². The highest BCUT2D eigenvalue weighted by molar-refractivity contribution is 5.77. The maximum Gasteiger partial charge on any atom is 0.257 e. The second kappa shape index (κ2) is 9.89. The summed E-state index contributed by atoms with van der Waals surface area (Å²) in [5.74, 6) is 1.92. The molecule has 0 radical (unpaired) electrons. The van der Waals surface area contributed by atoms with Crippen LogP contribution in [0.4, 0.5) is 4.39 Å². The van der Waals surface area contributed by atoms with E-state index in [4.69, 9.17) is 14.2 Å². The molecule has 168 valence electrons. The number of hydrogen-bond donors (Lipinski definition) is 1. The number of carbonyl (C=O) groups is 1. The fourth-order valence-electron chi connectivity index (χ4n) is 4.13. The van der Waals surface area contributed by atoms with Gasteiger partial charge in [0.25, 0.3) is 5.91 Å². The first kappa shape index (κ1) is 21.9. The number of benzene rings is 1. The fraction of sp³-hybridized carbons (Fsp3) is 0.417. The third-order valence-corrected chi connectivity index (χ3v) is 5.82. The molecular weight excluding hydrogens is 411 g/mol. The van der Waals surface area contributed by atoms with Gasteiger partial charge in [0.05, 0.1) is 17.0 Å². The van der Waals surface area contributed by atoms with Crippen LogP contribution in [0.5, 0.6) is 5.75 Å². The van der Waals surface area contributed by atoms with Crippen molar-refractivity contribution < 1.29 is 18.4 Å². The van der Waals surface area contributed by atoms with Gasteiger partial charge in [0.2, 0.25) is 0 Å². The molecule has 7 nitrogen and oxygen atoms in total. The molecule has 1 aliphatic rings. The standard InChI is InChI=1S/C24H27FN4O3/c1-15-10-22(32-29-15)21-13-26-16(2)28-24(21)18-8-6-17(7-9-18)12-27-23(30)14-31-20-5-3-4-19(25)11-20/h3-5,10-11,13,17-18H,6-9,12,14H2,1-2H3,(H,27,30). The van der Waals surface area contributed by atoms with Gasteiger partial charge in [-0.1, -0.05) is 11.2 Å². The highest BCUT2D eigenvalue weighted by Gasteiger charge is 2.27. The maximum atomic E-state index is 13.2. The summed E-state index contributed by atoms with van der Waals surface area (Å²) >= 11 is 0. The molecule has 3 aromatic rings. The number of carbonyl (C=O) groups excluding carboxylic acids is 1. The molecule has 8 heteroatoms. The van der Waals surface area contributed by atoms with E-state index in [-0.39, 0.29) is 18.3 Å². The number of aryl methyl sites for hydroxylation is 2. The first-order valence-corrected chi connectivity index (χ1v) is 10.9. The molecule has 1 aromatic carbocycles. The molecule has 2 aromatic heterocycles. The average Bonchev–Trinajstić information content (AvgIpc) is 3.22. The van der Waals surface area contributed by atoms with Crippen LogP contribution < -0.4 is 10.1 Å². The smallest absolute Gasteiger partial charge is 0.257 e. The number of halogens is 1. The van der Waals surface area contributed by atoms with Crippen LogP contribution in [0.25, 0.3) is 11.3 Å². The van der Waals surface area contributed by atoms with E-state index in [1.165, 1.54) is 12.1 Å². The number of aromatic nitrogens is 3. The van der Waals surface area contributed by atoms with Crippen molar-refractivity contribution in [1.29, 1.82) is 0 Å². The van der Waals surface area contributed by atoms with E-state index in [1.54, 1.807) is 12.1 Å². The van der Waals surface area contributed by atoms with Crippen molar-refractivity contribution in [1.82, 2.24) is 20.4 Å². The van der Waals surface area contributed by atoms with Crippen molar-refractivity contribution in [3.8, 4) is 17.1 Å². The fourth-order valence-corrected chi connectivity index (χ4v) is 4.13. The summed E-state index contributed by atoms with van der Waals surface area (Å²) in [6, 6.07) is 7.68. The Balaban J connectivity index is 1.28. The van der Waals surface area contributed by atoms with Gasteiger partial charge in [-0.05, 0) is 57.6 Å². The summed E-state index contributed by atoms with van der Waals surface area (Å²) in [6.45, 7) is 4.27. The second-order valence-corrected chi connectivity index (χ2v) is 8.32. The number of amides is 1. The second-order valence-electron chi connectivity index (χ2n) is 8.32. The van der Waals surface area contributed by atoms with E-state index in [0.717, 1.165) is 48.5 Å². The van der Waals surface area contributed by atoms with Gasteiger partial charge in [-0.25, -0.2) is 14.4 Å². The Bertz CT molecular complexity index is 1080. The largest absolute Gasteiger partial charge is 0.484 e. The third-order valence-electron chi connectivity index (χ3n) is 5.82. The van der Waals surface area contributed by atoms with Crippen LogP contribution in [0.15, 0.2) is 41.1 Å². The summed E-state index contributed by atoms with van der Waals surface area (Å²) < 4.78 is 24.0. The lowest BCUT2D eigenvalue weighted by molar-refractivity contribution is -0.123. The Morgan fingerprint density at radius 3 is 2.75 bits per heavy atom. The summed E-state index contributed by atoms with van der Waals surface area (Å²) in [7, 11) is 0. The quantitative estimate of drug-likeness (QED) is 0.590. The maximum absolute atomic E-state index is 13.2. The van der Waals surface area contributed by atoms with Crippen LogP contribution in [0.3, 0.4) is 0 Å². The van der Waals surface area contributed by atoms with Gasteiger partial charge < -0.3 is 14.6 Å². The van der Waals surface area contributed by atoms with Gasteiger partial charge in [0.1, 0.15) is 17.4 Å². The first-order chi connectivity index (χ1) is 15.5. The number of nitrogens with one attached hydrogen (secondary N) is 1. The zero-order chi connectivity index (χ0) is 22.5. The minimum absolute atomic E-state index is 0.126. The van der Waals surface area contributed by atoms with Gasteiger partial charge in [0, 0.05) is 30.8 Å². The summed E-state index contributed by atoms with van der Waals surface area (Å²) in [4.78, 5) is 21.2. The number of ether oxygens (including phenoxy) is 1. The molecule has 4 rings (SSSR count). The van der Waals surface area contributed by atoms with E-state index in [2.05, 4.69) is 15.5 Å².